The van der Waals surface area contributed by atoms with Gasteiger partial charge in [0.2, 0.25) is 0 Å². The van der Waals surface area contributed by atoms with Crippen LogP contribution >= 0.6 is 11.6 Å². The summed E-state index contributed by atoms with van der Waals surface area (Å²) >= 11 is 6.01. The van der Waals surface area contributed by atoms with Gasteiger partial charge in [-0.05, 0) is 24.8 Å². The van der Waals surface area contributed by atoms with Crippen molar-refractivity contribution < 1.29 is 9.90 Å². The lowest BCUT2D eigenvalue weighted by Crippen LogP contribution is -2.66. The minimum absolute atomic E-state index is 0.0240. The molecule has 0 aromatic carbocycles. The first-order valence-corrected chi connectivity index (χ1v) is 7.17. The first-order chi connectivity index (χ1) is 8.90. The van der Waals surface area contributed by atoms with Crippen LogP contribution in [0.25, 0.3) is 0 Å². The third-order valence-electron chi connectivity index (χ3n) is 4.27. The fourth-order valence-electron chi connectivity index (χ4n) is 2.56. The molecule has 1 aliphatic heterocycles. The number of rotatable bonds is 3. The third-order valence-corrected chi connectivity index (χ3v) is 4.47. The number of hydrogen-bond donors (Lipinski definition) is 1. The van der Waals surface area contributed by atoms with Gasteiger partial charge in [0.1, 0.15) is 11.3 Å². The molecule has 1 aliphatic carbocycles. The first kappa shape index (κ1) is 13.0. The summed E-state index contributed by atoms with van der Waals surface area (Å²) in [4.78, 5) is 14.1. The molecular weight excluding hydrogens is 264 g/mol. The van der Waals surface area contributed by atoms with Gasteiger partial charge in [0.15, 0.2) is 0 Å². The van der Waals surface area contributed by atoms with E-state index in [1.807, 2.05) is 24.6 Å². The maximum atomic E-state index is 12.4. The highest BCUT2D eigenvalue weighted by atomic mass is 35.5. The Hall–Kier alpha value is -1.00. The van der Waals surface area contributed by atoms with E-state index in [1.165, 1.54) is 0 Å². The van der Waals surface area contributed by atoms with Gasteiger partial charge in [-0.3, -0.25) is 4.79 Å². The topological polar surface area (TPSA) is 45.5 Å². The average molecular weight is 283 g/mol. The van der Waals surface area contributed by atoms with Gasteiger partial charge in [0.25, 0.3) is 5.91 Å². The van der Waals surface area contributed by atoms with Gasteiger partial charge in [-0.15, -0.1) is 0 Å². The van der Waals surface area contributed by atoms with Crippen molar-refractivity contribution in [3.05, 3.63) is 23.0 Å². The largest absolute Gasteiger partial charge is 0.386 e. The third kappa shape index (κ3) is 2.17. The van der Waals surface area contributed by atoms with Gasteiger partial charge < -0.3 is 14.6 Å². The number of carbonyl (C=O) groups is 1. The van der Waals surface area contributed by atoms with Crippen molar-refractivity contribution >= 4 is 17.5 Å². The van der Waals surface area contributed by atoms with E-state index in [4.69, 9.17) is 11.6 Å². The lowest BCUT2D eigenvalue weighted by Gasteiger charge is -2.49. The smallest absolute Gasteiger partial charge is 0.270 e. The molecular formula is C14H19ClN2O2. The van der Waals surface area contributed by atoms with Crippen LogP contribution in [0.2, 0.25) is 5.02 Å². The number of carbonyl (C=O) groups excluding carboxylic acids is 1. The SMILES string of the molecule is CC(C)C1(O)CN(C(=O)c2cc(Cl)cn2C2CC2)C1. The number of amides is 1. The van der Waals surface area contributed by atoms with E-state index < -0.39 is 5.60 Å². The van der Waals surface area contributed by atoms with Crippen LogP contribution in [0.1, 0.15) is 43.2 Å². The van der Waals surface area contributed by atoms with Gasteiger partial charge in [-0.25, -0.2) is 0 Å². The quantitative estimate of drug-likeness (QED) is 0.925. The molecule has 104 valence electrons. The molecule has 0 atom stereocenters. The summed E-state index contributed by atoms with van der Waals surface area (Å²) < 4.78 is 1.98. The zero-order valence-electron chi connectivity index (χ0n) is 11.3. The molecule has 1 amide bonds. The van der Waals surface area contributed by atoms with Gasteiger partial charge in [0, 0.05) is 12.2 Å². The number of hydrogen-bond acceptors (Lipinski definition) is 2. The zero-order chi connectivity index (χ0) is 13.8. The van der Waals surface area contributed by atoms with E-state index in [1.54, 1.807) is 11.0 Å². The van der Waals surface area contributed by atoms with Crippen LogP contribution < -0.4 is 0 Å². The van der Waals surface area contributed by atoms with Crippen LogP contribution in [0, 0.1) is 5.92 Å². The second-order valence-corrected chi connectivity index (χ2v) is 6.54. The van der Waals surface area contributed by atoms with Crippen molar-refractivity contribution in [2.45, 2.75) is 38.3 Å². The van der Waals surface area contributed by atoms with E-state index in [9.17, 15) is 9.90 Å². The molecule has 19 heavy (non-hydrogen) atoms. The molecule has 2 heterocycles. The Kier molecular flexibility index (Phi) is 2.91. The van der Waals surface area contributed by atoms with Crippen molar-refractivity contribution in [2.24, 2.45) is 5.92 Å². The van der Waals surface area contributed by atoms with Gasteiger partial charge in [0.05, 0.1) is 18.1 Å². The lowest BCUT2D eigenvalue weighted by molar-refractivity contribution is -0.111. The Morgan fingerprint density at radius 3 is 2.63 bits per heavy atom. The van der Waals surface area contributed by atoms with Crippen LogP contribution in [0.3, 0.4) is 0 Å². The van der Waals surface area contributed by atoms with Gasteiger partial charge in [-0.2, -0.15) is 0 Å². The van der Waals surface area contributed by atoms with E-state index in [0.29, 0.717) is 29.8 Å². The minimum Gasteiger partial charge on any atom is -0.386 e. The van der Waals surface area contributed by atoms with Crippen molar-refractivity contribution in [2.75, 3.05) is 13.1 Å². The Morgan fingerprint density at radius 2 is 2.11 bits per heavy atom. The maximum Gasteiger partial charge on any atom is 0.270 e. The fraction of sp³-hybridized carbons (Fsp3) is 0.643. The average Bonchev–Trinajstić information content (AvgIpc) is 3.07. The Bertz CT molecular complexity index is 514. The van der Waals surface area contributed by atoms with E-state index >= 15 is 0 Å². The lowest BCUT2D eigenvalue weighted by atomic mass is 9.83. The molecule has 0 spiro atoms. The molecule has 2 fully saturated rings. The van der Waals surface area contributed by atoms with Crippen LogP contribution in [0.15, 0.2) is 12.3 Å². The fourth-order valence-corrected chi connectivity index (χ4v) is 2.77. The van der Waals surface area contributed by atoms with Gasteiger partial charge in [-0.1, -0.05) is 25.4 Å². The summed E-state index contributed by atoms with van der Waals surface area (Å²) in [6.07, 6.45) is 4.06. The van der Waals surface area contributed by atoms with E-state index in [0.717, 1.165) is 12.8 Å². The molecule has 1 aromatic heterocycles. The molecule has 5 heteroatoms. The van der Waals surface area contributed by atoms with Crippen LogP contribution in [-0.4, -0.2) is 39.2 Å². The summed E-state index contributed by atoms with van der Waals surface area (Å²) in [5.41, 5.74) is -0.0745. The molecule has 0 radical (unpaired) electrons. The van der Waals surface area contributed by atoms with Crippen LogP contribution in [-0.2, 0) is 0 Å². The first-order valence-electron chi connectivity index (χ1n) is 6.80. The molecule has 2 aliphatic rings. The summed E-state index contributed by atoms with van der Waals surface area (Å²) in [5.74, 6) is 0.138. The number of nitrogens with zero attached hydrogens (tertiary/aromatic N) is 2. The second kappa shape index (κ2) is 4.25. The van der Waals surface area contributed by atoms with E-state index in [-0.39, 0.29) is 11.8 Å². The Labute approximate surface area is 118 Å². The van der Waals surface area contributed by atoms with Crippen LogP contribution in [0.4, 0.5) is 0 Å². The second-order valence-electron chi connectivity index (χ2n) is 6.10. The maximum absolute atomic E-state index is 12.4. The molecule has 3 rings (SSSR count). The Morgan fingerprint density at radius 1 is 1.47 bits per heavy atom. The Balaban J connectivity index is 1.75. The minimum atomic E-state index is -0.726. The number of β-amino-alcohol motifs (C(OH)–C–C–N with tert-alkyl or cyclic N) is 1. The van der Waals surface area contributed by atoms with Crippen molar-refractivity contribution in [3.8, 4) is 0 Å². The normalized spacial score (nSPS) is 21.6. The summed E-state index contributed by atoms with van der Waals surface area (Å²) in [5, 5.41) is 10.8. The molecule has 4 nitrogen and oxygen atoms in total. The van der Waals surface area contributed by atoms with Gasteiger partial charge >= 0.3 is 0 Å². The van der Waals surface area contributed by atoms with Crippen LogP contribution in [0.5, 0.6) is 0 Å². The zero-order valence-corrected chi connectivity index (χ0v) is 12.0. The molecule has 1 N–H and O–H groups in total. The summed E-state index contributed by atoms with van der Waals surface area (Å²) in [6, 6.07) is 2.16. The summed E-state index contributed by atoms with van der Waals surface area (Å²) in [6.45, 7) is 4.78. The summed E-state index contributed by atoms with van der Waals surface area (Å²) in [7, 11) is 0. The molecule has 1 aromatic rings. The standard InChI is InChI=1S/C14H19ClN2O2/c1-9(2)14(19)7-16(8-14)13(18)12-5-10(15)6-17(12)11-3-4-11/h5-6,9,11,19H,3-4,7-8H2,1-2H3. The highest BCUT2D eigenvalue weighted by Gasteiger charge is 2.46. The molecule has 1 saturated heterocycles. The van der Waals surface area contributed by atoms with Crippen molar-refractivity contribution in [1.82, 2.24) is 9.47 Å². The van der Waals surface area contributed by atoms with Crippen molar-refractivity contribution in [3.63, 3.8) is 0 Å². The van der Waals surface area contributed by atoms with E-state index in [2.05, 4.69) is 0 Å². The molecule has 1 saturated carbocycles. The monoisotopic (exact) mass is 282 g/mol. The number of halogens is 1. The number of aliphatic hydroxyl groups is 1. The highest BCUT2D eigenvalue weighted by Crippen LogP contribution is 2.38. The molecule has 0 bridgehead atoms. The highest BCUT2D eigenvalue weighted by molar-refractivity contribution is 6.31. The number of aromatic nitrogens is 1. The predicted octanol–water partition coefficient (Wildman–Crippen LogP) is 2.32. The molecule has 0 unspecified atom stereocenters. The van der Waals surface area contributed by atoms with Crippen molar-refractivity contribution in [1.29, 1.82) is 0 Å². The predicted molar refractivity (Wildman–Crippen MR) is 73.4 cm³/mol. The number of likely N-dealkylation sites (tertiary alicyclic amines) is 1.